The molecule has 1 fully saturated rings. The van der Waals surface area contributed by atoms with E-state index in [1.54, 1.807) is 11.9 Å². The number of nitrogens with zero attached hydrogens (tertiary/aromatic N) is 2. The number of carboxylic acid groups (broad SMARTS) is 1. The molecule has 0 radical (unpaired) electrons. The van der Waals surface area contributed by atoms with Gasteiger partial charge in [0.05, 0.1) is 6.42 Å². The van der Waals surface area contributed by atoms with Crippen LogP contribution in [0.1, 0.15) is 25.7 Å². The van der Waals surface area contributed by atoms with Crippen molar-refractivity contribution in [3.8, 4) is 0 Å². The molecular weight excluding hydrogens is 234 g/mol. The Bertz CT molecular complexity index is 309. The van der Waals surface area contributed by atoms with E-state index in [1.807, 2.05) is 0 Å². The lowest BCUT2D eigenvalue weighted by Gasteiger charge is -2.23. The third-order valence-corrected chi connectivity index (χ3v) is 3.61. The minimum Gasteiger partial charge on any atom is -0.480 e. The predicted octanol–water partition coefficient (Wildman–Crippen LogP) is -0.269. The van der Waals surface area contributed by atoms with E-state index in [9.17, 15) is 9.59 Å². The Balaban J connectivity index is 2.29. The number of nitrogens with two attached hydrogens (primary N) is 1. The summed E-state index contributed by atoms with van der Waals surface area (Å²) in [6.07, 6.45) is 3.18. The molecule has 2 atom stereocenters. The monoisotopic (exact) mass is 257 g/mol. The van der Waals surface area contributed by atoms with Crippen LogP contribution in [-0.4, -0.2) is 66.1 Å². The van der Waals surface area contributed by atoms with E-state index in [-0.39, 0.29) is 12.3 Å². The SMILES string of the molecule is CN(CCC1CCCN1C)C(=O)CC(N)C(=O)O. The number of carbonyl (C=O) groups is 2. The molecule has 0 bridgehead atoms. The van der Waals surface area contributed by atoms with Crippen molar-refractivity contribution in [2.75, 3.05) is 27.2 Å². The molecule has 1 aliphatic rings. The van der Waals surface area contributed by atoms with E-state index >= 15 is 0 Å². The Morgan fingerprint density at radius 1 is 1.56 bits per heavy atom. The normalized spacial score (nSPS) is 21.8. The van der Waals surface area contributed by atoms with Crippen molar-refractivity contribution in [3.63, 3.8) is 0 Å². The molecule has 1 amide bonds. The van der Waals surface area contributed by atoms with Gasteiger partial charge in [-0.1, -0.05) is 0 Å². The summed E-state index contributed by atoms with van der Waals surface area (Å²) in [5.41, 5.74) is 5.34. The van der Waals surface area contributed by atoms with Gasteiger partial charge in [-0.25, -0.2) is 0 Å². The van der Waals surface area contributed by atoms with Crippen molar-refractivity contribution in [2.24, 2.45) is 5.73 Å². The first kappa shape index (κ1) is 14.9. The second-order valence-corrected chi connectivity index (χ2v) is 5.03. The highest BCUT2D eigenvalue weighted by Crippen LogP contribution is 2.17. The summed E-state index contributed by atoms with van der Waals surface area (Å²) in [4.78, 5) is 26.2. The Hall–Kier alpha value is -1.14. The first-order chi connectivity index (χ1) is 8.41. The molecule has 1 aliphatic heterocycles. The van der Waals surface area contributed by atoms with Gasteiger partial charge < -0.3 is 20.6 Å². The number of rotatable bonds is 6. The van der Waals surface area contributed by atoms with Gasteiger partial charge in [-0.2, -0.15) is 0 Å². The first-order valence-corrected chi connectivity index (χ1v) is 6.34. The molecule has 0 aromatic heterocycles. The Labute approximate surface area is 108 Å². The highest BCUT2D eigenvalue weighted by molar-refractivity contribution is 5.84. The number of hydrogen-bond acceptors (Lipinski definition) is 4. The summed E-state index contributed by atoms with van der Waals surface area (Å²) in [5, 5.41) is 8.65. The number of amides is 1. The maximum absolute atomic E-state index is 11.7. The zero-order valence-electron chi connectivity index (χ0n) is 11.1. The van der Waals surface area contributed by atoms with Crippen LogP contribution in [0, 0.1) is 0 Å². The summed E-state index contributed by atoms with van der Waals surface area (Å²) in [6.45, 7) is 1.77. The number of carboxylic acids is 1. The number of carbonyl (C=O) groups excluding carboxylic acids is 1. The maximum atomic E-state index is 11.7. The van der Waals surface area contributed by atoms with Gasteiger partial charge in [-0.15, -0.1) is 0 Å². The van der Waals surface area contributed by atoms with Crippen LogP contribution in [0.5, 0.6) is 0 Å². The van der Waals surface area contributed by atoms with Gasteiger partial charge in [0.1, 0.15) is 6.04 Å². The molecule has 6 heteroatoms. The van der Waals surface area contributed by atoms with Crippen molar-refractivity contribution in [1.29, 1.82) is 0 Å². The smallest absolute Gasteiger partial charge is 0.321 e. The fraction of sp³-hybridized carbons (Fsp3) is 0.833. The van der Waals surface area contributed by atoms with Gasteiger partial charge in [0.25, 0.3) is 0 Å². The Morgan fingerprint density at radius 3 is 2.72 bits per heavy atom. The minimum absolute atomic E-state index is 0.133. The highest BCUT2D eigenvalue weighted by Gasteiger charge is 2.23. The van der Waals surface area contributed by atoms with E-state index < -0.39 is 12.0 Å². The quantitative estimate of drug-likeness (QED) is 0.684. The molecule has 1 rings (SSSR count). The molecule has 3 N–H and O–H groups in total. The third-order valence-electron chi connectivity index (χ3n) is 3.61. The van der Waals surface area contributed by atoms with Gasteiger partial charge >= 0.3 is 5.97 Å². The van der Waals surface area contributed by atoms with E-state index in [2.05, 4.69) is 11.9 Å². The van der Waals surface area contributed by atoms with Crippen LogP contribution in [0.3, 0.4) is 0 Å². The number of likely N-dealkylation sites (tertiary alicyclic amines) is 1. The third kappa shape index (κ3) is 4.27. The van der Waals surface area contributed by atoms with Gasteiger partial charge in [0, 0.05) is 19.6 Å². The van der Waals surface area contributed by atoms with Crippen molar-refractivity contribution >= 4 is 11.9 Å². The van der Waals surface area contributed by atoms with Crippen molar-refractivity contribution in [2.45, 2.75) is 37.8 Å². The lowest BCUT2D eigenvalue weighted by molar-refractivity contribution is -0.142. The number of aliphatic carboxylic acids is 1. The molecule has 1 heterocycles. The van der Waals surface area contributed by atoms with Crippen molar-refractivity contribution < 1.29 is 14.7 Å². The molecule has 0 aliphatic carbocycles. The van der Waals surface area contributed by atoms with E-state index in [0.29, 0.717) is 12.6 Å². The minimum atomic E-state index is -1.13. The lowest BCUT2D eigenvalue weighted by Crippen LogP contribution is -2.39. The molecule has 1 saturated heterocycles. The molecule has 18 heavy (non-hydrogen) atoms. The molecule has 0 aromatic carbocycles. The predicted molar refractivity (Wildman–Crippen MR) is 68.1 cm³/mol. The van der Waals surface area contributed by atoms with E-state index in [4.69, 9.17) is 10.8 Å². The largest absolute Gasteiger partial charge is 0.480 e. The summed E-state index contributed by atoms with van der Waals surface area (Å²) < 4.78 is 0. The molecular formula is C12H23N3O3. The van der Waals surface area contributed by atoms with Gasteiger partial charge in [-0.05, 0) is 32.9 Å². The second kappa shape index (κ2) is 6.70. The molecule has 0 aromatic rings. The average molecular weight is 257 g/mol. The van der Waals surface area contributed by atoms with E-state index in [1.165, 1.54) is 12.8 Å². The van der Waals surface area contributed by atoms with E-state index in [0.717, 1.165) is 13.0 Å². The van der Waals surface area contributed by atoms with Crippen LogP contribution in [0.25, 0.3) is 0 Å². The maximum Gasteiger partial charge on any atom is 0.321 e. The van der Waals surface area contributed by atoms with Crippen LogP contribution >= 0.6 is 0 Å². The van der Waals surface area contributed by atoms with Gasteiger partial charge in [0.15, 0.2) is 0 Å². The fourth-order valence-electron chi connectivity index (χ4n) is 2.24. The summed E-state index contributed by atoms with van der Waals surface area (Å²) in [7, 11) is 3.80. The van der Waals surface area contributed by atoms with Gasteiger partial charge in [-0.3, -0.25) is 9.59 Å². The molecule has 6 nitrogen and oxygen atoms in total. The standard InChI is InChI=1S/C12H23N3O3/c1-14-6-3-4-9(14)5-7-15(2)11(16)8-10(13)12(17)18/h9-10H,3-8,13H2,1-2H3,(H,17,18). The molecule has 2 unspecified atom stereocenters. The zero-order valence-corrected chi connectivity index (χ0v) is 11.1. The van der Waals surface area contributed by atoms with Crippen LogP contribution in [0.2, 0.25) is 0 Å². The highest BCUT2D eigenvalue weighted by atomic mass is 16.4. The van der Waals surface area contributed by atoms with Crippen molar-refractivity contribution in [1.82, 2.24) is 9.80 Å². The number of hydrogen-bond donors (Lipinski definition) is 2. The van der Waals surface area contributed by atoms with Crippen LogP contribution in [0.4, 0.5) is 0 Å². The van der Waals surface area contributed by atoms with Crippen LogP contribution in [-0.2, 0) is 9.59 Å². The first-order valence-electron chi connectivity index (χ1n) is 6.34. The zero-order chi connectivity index (χ0) is 13.7. The topological polar surface area (TPSA) is 86.9 Å². The Kier molecular flexibility index (Phi) is 5.55. The fourth-order valence-corrected chi connectivity index (χ4v) is 2.24. The summed E-state index contributed by atoms with van der Waals surface area (Å²) >= 11 is 0. The molecule has 0 spiro atoms. The molecule has 0 saturated carbocycles. The van der Waals surface area contributed by atoms with Crippen LogP contribution < -0.4 is 5.73 Å². The van der Waals surface area contributed by atoms with Crippen molar-refractivity contribution in [3.05, 3.63) is 0 Å². The lowest BCUT2D eigenvalue weighted by atomic mass is 10.1. The van der Waals surface area contributed by atoms with Crippen LogP contribution in [0.15, 0.2) is 0 Å². The average Bonchev–Trinajstić information content (AvgIpc) is 2.71. The Morgan fingerprint density at radius 2 is 2.22 bits per heavy atom. The van der Waals surface area contributed by atoms with Gasteiger partial charge in [0.2, 0.25) is 5.91 Å². The second-order valence-electron chi connectivity index (χ2n) is 5.03. The molecule has 104 valence electrons. The summed E-state index contributed by atoms with van der Waals surface area (Å²) in [6, 6.07) is -0.567. The summed E-state index contributed by atoms with van der Waals surface area (Å²) in [5.74, 6) is -1.34.